The molecule has 0 aliphatic heterocycles. The van der Waals surface area contributed by atoms with E-state index in [-0.39, 0.29) is 0 Å². The highest BCUT2D eigenvalue weighted by Gasteiger charge is 2.08. The van der Waals surface area contributed by atoms with E-state index in [1.54, 1.807) is 0 Å². The highest BCUT2D eigenvalue weighted by Crippen LogP contribution is 2.11. The summed E-state index contributed by atoms with van der Waals surface area (Å²) in [5.41, 5.74) is 1.34. The summed E-state index contributed by atoms with van der Waals surface area (Å²) in [5.74, 6) is 0. The molecule has 1 unspecified atom stereocenters. The molecule has 0 radical (unpaired) electrons. The third-order valence-corrected chi connectivity index (χ3v) is 3.21. The minimum absolute atomic E-state index is 0.520. The van der Waals surface area contributed by atoms with Crippen molar-refractivity contribution in [3.05, 3.63) is 34.9 Å². The van der Waals surface area contributed by atoms with Crippen LogP contribution in [0.1, 0.15) is 39.2 Å². The number of nitrogens with one attached hydrogen (secondary N) is 1. The van der Waals surface area contributed by atoms with Gasteiger partial charge in [0.1, 0.15) is 0 Å². The van der Waals surface area contributed by atoms with E-state index in [0.29, 0.717) is 12.1 Å². The first-order chi connectivity index (χ1) is 7.65. The highest BCUT2D eigenvalue weighted by molar-refractivity contribution is 6.30. The Kier molecular flexibility index (Phi) is 5.86. The number of benzene rings is 1. The Morgan fingerprint density at radius 2 is 1.69 bits per heavy atom. The second kappa shape index (κ2) is 6.93. The zero-order chi connectivity index (χ0) is 12.0. The Morgan fingerprint density at radius 3 is 2.19 bits per heavy atom. The van der Waals surface area contributed by atoms with Crippen molar-refractivity contribution >= 4 is 11.6 Å². The molecule has 1 rings (SSSR count). The van der Waals surface area contributed by atoms with Crippen molar-refractivity contribution in [1.29, 1.82) is 0 Å². The molecule has 0 saturated carbocycles. The summed E-state index contributed by atoms with van der Waals surface area (Å²) in [5, 5.41) is 4.46. The molecule has 0 bridgehead atoms. The lowest BCUT2D eigenvalue weighted by Crippen LogP contribution is -2.36. The Balaban J connectivity index is 2.44. The van der Waals surface area contributed by atoms with Crippen molar-refractivity contribution in [2.75, 3.05) is 0 Å². The standard InChI is InChI=1S/C14H22ClN/c1-4-14(5-2)16-11(3)10-12-6-8-13(15)9-7-12/h6-9,11,14,16H,4-5,10H2,1-3H3. The first-order valence-corrected chi connectivity index (χ1v) is 6.54. The van der Waals surface area contributed by atoms with E-state index in [1.165, 1.54) is 18.4 Å². The fourth-order valence-electron chi connectivity index (χ4n) is 1.96. The van der Waals surface area contributed by atoms with E-state index in [0.717, 1.165) is 11.4 Å². The molecule has 16 heavy (non-hydrogen) atoms. The van der Waals surface area contributed by atoms with E-state index in [1.807, 2.05) is 12.1 Å². The largest absolute Gasteiger partial charge is 0.311 e. The smallest absolute Gasteiger partial charge is 0.0406 e. The Hall–Kier alpha value is -0.530. The van der Waals surface area contributed by atoms with Gasteiger partial charge in [0.25, 0.3) is 0 Å². The minimum Gasteiger partial charge on any atom is -0.311 e. The molecule has 90 valence electrons. The lowest BCUT2D eigenvalue weighted by atomic mass is 10.1. The Labute approximate surface area is 104 Å². The van der Waals surface area contributed by atoms with Crippen LogP contribution in [-0.4, -0.2) is 12.1 Å². The molecule has 0 heterocycles. The van der Waals surface area contributed by atoms with Crippen molar-refractivity contribution in [2.45, 2.75) is 52.1 Å². The van der Waals surface area contributed by atoms with Crippen LogP contribution in [-0.2, 0) is 6.42 Å². The zero-order valence-electron chi connectivity index (χ0n) is 10.5. The van der Waals surface area contributed by atoms with Gasteiger partial charge < -0.3 is 5.32 Å². The summed E-state index contributed by atoms with van der Waals surface area (Å²) in [6, 6.07) is 9.29. The third kappa shape index (κ3) is 4.54. The van der Waals surface area contributed by atoms with Crippen LogP contribution >= 0.6 is 11.6 Å². The predicted molar refractivity (Wildman–Crippen MR) is 72.1 cm³/mol. The maximum absolute atomic E-state index is 5.86. The molecule has 0 aliphatic rings. The van der Waals surface area contributed by atoms with Gasteiger partial charge in [0.2, 0.25) is 0 Å². The van der Waals surface area contributed by atoms with Crippen molar-refractivity contribution in [3.8, 4) is 0 Å². The lowest BCUT2D eigenvalue weighted by Gasteiger charge is -2.21. The number of halogens is 1. The highest BCUT2D eigenvalue weighted by atomic mass is 35.5. The van der Waals surface area contributed by atoms with Crippen LogP contribution in [0.25, 0.3) is 0 Å². The van der Waals surface area contributed by atoms with E-state index >= 15 is 0 Å². The van der Waals surface area contributed by atoms with Gasteiger partial charge in [-0.25, -0.2) is 0 Å². The van der Waals surface area contributed by atoms with Gasteiger partial charge in [-0.3, -0.25) is 0 Å². The molecule has 1 nitrogen and oxygen atoms in total. The van der Waals surface area contributed by atoms with E-state index in [9.17, 15) is 0 Å². The summed E-state index contributed by atoms with van der Waals surface area (Å²) in [7, 11) is 0. The molecule has 2 heteroatoms. The van der Waals surface area contributed by atoms with Crippen molar-refractivity contribution in [2.24, 2.45) is 0 Å². The average molecular weight is 240 g/mol. The van der Waals surface area contributed by atoms with E-state index < -0.39 is 0 Å². The molecule has 1 aromatic carbocycles. The van der Waals surface area contributed by atoms with Gasteiger partial charge in [-0.2, -0.15) is 0 Å². The fraction of sp³-hybridized carbons (Fsp3) is 0.571. The zero-order valence-corrected chi connectivity index (χ0v) is 11.2. The molecular formula is C14H22ClN. The summed E-state index contributed by atoms with van der Waals surface area (Å²) in [6.45, 7) is 6.71. The van der Waals surface area contributed by atoms with Gasteiger partial charge >= 0.3 is 0 Å². The molecule has 0 aromatic heterocycles. The Bertz CT molecular complexity index is 290. The first kappa shape index (κ1) is 13.5. The third-order valence-electron chi connectivity index (χ3n) is 2.96. The van der Waals surface area contributed by atoms with Crippen molar-refractivity contribution in [1.82, 2.24) is 5.32 Å². The average Bonchev–Trinajstić information content (AvgIpc) is 2.29. The Morgan fingerprint density at radius 1 is 1.12 bits per heavy atom. The van der Waals surface area contributed by atoms with Crippen LogP contribution in [0, 0.1) is 0 Å². The molecule has 0 aliphatic carbocycles. The van der Waals surface area contributed by atoms with Gasteiger partial charge in [0.15, 0.2) is 0 Å². The second-order valence-corrected chi connectivity index (χ2v) is 4.85. The molecule has 0 fully saturated rings. The molecule has 1 aromatic rings. The van der Waals surface area contributed by atoms with Crippen LogP contribution in [0.5, 0.6) is 0 Å². The van der Waals surface area contributed by atoms with Crippen LogP contribution in [0.3, 0.4) is 0 Å². The van der Waals surface area contributed by atoms with E-state index in [2.05, 4.69) is 38.2 Å². The van der Waals surface area contributed by atoms with Crippen molar-refractivity contribution < 1.29 is 0 Å². The quantitative estimate of drug-likeness (QED) is 0.790. The molecule has 0 spiro atoms. The van der Waals surface area contributed by atoms with Gasteiger partial charge in [0.05, 0.1) is 0 Å². The van der Waals surface area contributed by atoms with Crippen LogP contribution < -0.4 is 5.32 Å². The van der Waals surface area contributed by atoms with Gasteiger partial charge in [-0.1, -0.05) is 37.6 Å². The number of hydrogen-bond acceptors (Lipinski definition) is 1. The number of hydrogen-bond donors (Lipinski definition) is 1. The lowest BCUT2D eigenvalue weighted by molar-refractivity contribution is 0.422. The predicted octanol–water partition coefficient (Wildman–Crippen LogP) is 4.05. The topological polar surface area (TPSA) is 12.0 Å². The van der Waals surface area contributed by atoms with E-state index in [4.69, 9.17) is 11.6 Å². The maximum Gasteiger partial charge on any atom is 0.0406 e. The number of rotatable bonds is 6. The van der Waals surface area contributed by atoms with Crippen LogP contribution in [0.2, 0.25) is 5.02 Å². The van der Waals surface area contributed by atoms with Crippen LogP contribution in [0.15, 0.2) is 24.3 Å². The van der Waals surface area contributed by atoms with Gasteiger partial charge in [-0.15, -0.1) is 0 Å². The first-order valence-electron chi connectivity index (χ1n) is 6.16. The van der Waals surface area contributed by atoms with Crippen molar-refractivity contribution in [3.63, 3.8) is 0 Å². The molecular weight excluding hydrogens is 218 g/mol. The molecule has 0 amide bonds. The maximum atomic E-state index is 5.86. The van der Waals surface area contributed by atoms with Crippen LogP contribution in [0.4, 0.5) is 0 Å². The van der Waals surface area contributed by atoms with Gasteiger partial charge in [0, 0.05) is 17.1 Å². The second-order valence-electron chi connectivity index (χ2n) is 4.41. The minimum atomic E-state index is 0.520. The molecule has 1 atom stereocenters. The molecule has 1 N–H and O–H groups in total. The normalized spacial score (nSPS) is 13.1. The monoisotopic (exact) mass is 239 g/mol. The fourth-order valence-corrected chi connectivity index (χ4v) is 2.09. The SMILES string of the molecule is CCC(CC)NC(C)Cc1ccc(Cl)cc1. The summed E-state index contributed by atoms with van der Waals surface area (Å²) in [6.07, 6.45) is 3.45. The summed E-state index contributed by atoms with van der Waals surface area (Å²) < 4.78 is 0. The summed E-state index contributed by atoms with van der Waals surface area (Å²) >= 11 is 5.86. The molecule has 0 saturated heterocycles. The van der Waals surface area contributed by atoms with Gasteiger partial charge in [-0.05, 0) is 43.9 Å². The summed E-state index contributed by atoms with van der Waals surface area (Å²) in [4.78, 5) is 0.